The van der Waals surface area contributed by atoms with Crippen molar-refractivity contribution < 1.29 is 29.0 Å². The predicted octanol–water partition coefficient (Wildman–Crippen LogP) is 3.24. The summed E-state index contributed by atoms with van der Waals surface area (Å²) in [5.41, 5.74) is 1.07. The molecule has 8 nitrogen and oxygen atoms in total. The van der Waals surface area contributed by atoms with Gasteiger partial charge in [-0.2, -0.15) is 0 Å². The molecule has 1 aliphatic heterocycles. The third kappa shape index (κ3) is 5.22. The Labute approximate surface area is 187 Å². The van der Waals surface area contributed by atoms with Crippen LogP contribution in [0.25, 0.3) is 6.08 Å². The van der Waals surface area contributed by atoms with Gasteiger partial charge in [0.25, 0.3) is 5.91 Å². The van der Waals surface area contributed by atoms with Crippen LogP contribution in [-0.2, 0) is 9.59 Å². The number of rotatable bonds is 7. The van der Waals surface area contributed by atoms with E-state index in [0.29, 0.717) is 27.7 Å². The molecule has 160 valence electrons. The van der Waals surface area contributed by atoms with Crippen molar-refractivity contribution in [2.45, 2.75) is 0 Å². The molecule has 1 fully saturated rings. The zero-order valence-corrected chi connectivity index (χ0v) is 18.2. The Morgan fingerprint density at radius 3 is 2.58 bits per heavy atom. The monoisotopic (exact) mass is 458 g/mol. The fourth-order valence-corrected chi connectivity index (χ4v) is 4.06. The van der Waals surface area contributed by atoms with Crippen LogP contribution in [0.1, 0.15) is 15.9 Å². The molecule has 2 aromatic rings. The maximum absolute atomic E-state index is 12.8. The van der Waals surface area contributed by atoms with E-state index in [1.807, 2.05) is 0 Å². The van der Waals surface area contributed by atoms with E-state index in [1.54, 1.807) is 30.3 Å². The number of aromatic carboxylic acids is 1. The maximum atomic E-state index is 12.8. The molecule has 2 aromatic carbocycles. The van der Waals surface area contributed by atoms with Gasteiger partial charge in [-0.15, -0.1) is 0 Å². The number of benzene rings is 2. The maximum Gasteiger partial charge on any atom is 0.335 e. The van der Waals surface area contributed by atoms with Gasteiger partial charge in [-0.05, 0) is 42.0 Å². The Bertz CT molecular complexity index is 1100. The first-order chi connectivity index (χ1) is 14.8. The zero-order valence-electron chi connectivity index (χ0n) is 16.6. The molecule has 0 saturated carbocycles. The minimum Gasteiger partial charge on any atom is -0.493 e. The molecule has 3 rings (SSSR count). The third-order valence-electron chi connectivity index (χ3n) is 4.27. The Hall–Kier alpha value is -3.37. The second-order valence-electron chi connectivity index (χ2n) is 6.32. The van der Waals surface area contributed by atoms with Gasteiger partial charge < -0.3 is 19.9 Å². The molecule has 2 N–H and O–H groups in total. The molecule has 0 aromatic heterocycles. The summed E-state index contributed by atoms with van der Waals surface area (Å²) in [7, 11) is 3.05. The minimum atomic E-state index is -1.10. The summed E-state index contributed by atoms with van der Waals surface area (Å²) in [6.07, 6.45) is 1.66. The first-order valence-corrected chi connectivity index (χ1v) is 10.2. The van der Waals surface area contributed by atoms with Crippen molar-refractivity contribution in [3.8, 4) is 11.5 Å². The van der Waals surface area contributed by atoms with E-state index in [1.165, 1.54) is 37.3 Å². The van der Waals surface area contributed by atoms with E-state index >= 15 is 0 Å². The molecular formula is C21H18N2O6S2. The van der Waals surface area contributed by atoms with Gasteiger partial charge in [0.15, 0.2) is 11.5 Å². The van der Waals surface area contributed by atoms with Crippen LogP contribution in [0.5, 0.6) is 11.5 Å². The number of anilines is 1. The van der Waals surface area contributed by atoms with Crippen molar-refractivity contribution in [3.63, 3.8) is 0 Å². The smallest absolute Gasteiger partial charge is 0.335 e. The molecule has 31 heavy (non-hydrogen) atoms. The highest BCUT2D eigenvalue weighted by molar-refractivity contribution is 8.26. The summed E-state index contributed by atoms with van der Waals surface area (Å²) in [5.74, 6) is -0.899. The highest BCUT2D eigenvalue weighted by Crippen LogP contribution is 2.34. The molecule has 10 heteroatoms. The van der Waals surface area contributed by atoms with Crippen LogP contribution in [-0.4, -0.2) is 52.9 Å². The van der Waals surface area contributed by atoms with Crippen LogP contribution in [0.4, 0.5) is 5.69 Å². The topological polar surface area (TPSA) is 105 Å². The van der Waals surface area contributed by atoms with E-state index in [0.717, 1.165) is 11.8 Å². The predicted molar refractivity (Wildman–Crippen MR) is 121 cm³/mol. The molecular weight excluding hydrogens is 440 g/mol. The molecule has 2 amide bonds. The number of thiocarbonyl (C=S) groups is 1. The molecule has 1 aliphatic rings. The van der Waals surface area contributed by atoms with Gasteiger partial charge in [-0.25, -0.2) is 4.79 Å². The van der Waals surface area contributed by atoms with E-state index < -0.39 is 11.9 Å². The quantitative estimate of drug-likeness (QED) is 0.481. The average molecular weight is 459 g/mol. The Morgan fingerprint density at radius 2 is 1.90 bits per heavy atom. The molecule has 0 bridgehead atoms. The third-order valence-corrected chi connectivity index (χ3v) is 5.65. The van der Waals surface area contributed by atoms with Crippen LogP contribution in [0.2, 0.25) is 0 Å². The molecule has 0 spiro atoms. The second-order valence-corrected chi connectivity index (χ2v) is 7.99. The Balaban J connectivity index is 1.71. The number of methoxy groups -OCH3 is 2. The summed E-state index contributed by atoms with van der Waals surface area (Å²) in [4.78, 5) is 37.8. The van der Waals surface area contributed by atoms with E-state index in [4.69, 9.17) is 26.8 Å². The summed E-state index contributed by atoms with van der Waals surface area (Å²) in [6, 6.07) is 11.1. The lowest BCUT2D eigenvalue weighted by Gasteiger charge is -2.14. The van der Waals surface area contributed by atoms with Crippen molar-refractivity contribution >= 4 is 57.8 Å². The van der Waals surface area contributed by atoms with Crippen LogP contribution in [0.15, 0.2) is 47.4 Å². The van der Waals surface area contributed by atoms with E-state index in [9.17, 15) is 14.4 Å². The molecule has 0 atom stereocenters. The van der Waals surface area contributed by atoms with E-state index in [2.05, 4.69) is 5.32 Å². The molecule has 1 saturated heterocycles. The van der Waals surface area contributed by atoms with Crippen LogP contribution < -0.4 is 14.8 Å². The number of carbonyl (C=O) groups excluding carboxylic acids is 2. The first-order valence-electron chi connectivity index (χ1n) is 8.93. The molecule has 0 aliphatic carbocycles. The summed E-state index contributed by atoms with van der Waals surface area (Å²) < 4.78 is 10.7. The van der Waals surface area contributed by atoms with Gasteiger partial charge in [0.05, 0.1) is 24.7 Å². The highest BCUT2D eigenvalue weighted by Gasteiger charge is 2.33. The second kappa shape index (κ2) is 9.63. The lowest BCUT2D eigenvalue weighted by atomic mass is 10.2. The van der Waals surface area contributed by atoms with Crippen LogP contribution in [0, 0.1) is 0 Å². The number of amides is 2. The summed E-state index contributed by atoms with van der Waals surface area (Å²) in [5, 5.41) is 11.6. The van der Waals surface area contributed by atoms with Gasteiger partial charge in [-0.3, -0.25) is 14.5 Å². The fraction of sp³-hybridized carbons (Fsp3) is 0.143. The lowest BCUT2D eigenvalue weighted by molar-refractivity contribution is -0.126. The number of carboxylic acid groups (broad SMARTS) is 1. The van der Waals surface area contributed by atoms with Crippen molar-refractivity contribution in [1.82, 2.24) is 4.90 Å². The standard InChI is InChI=1S/C21H18N2O6S2/c1-28-15-7-6-12(8-16(15)29-2)9-17-19(25)23(21(30)31-17)11-18(24)22-14-5-3-4-13(10-14)20(26)27/h3-10H,11H2,1-2H3,(H,22,24)(H,26,27). The number of carboxylic acids is 1. The first kappa shape index (κ1) is 22.3. The Kier molecular flexibility index (Phi) is 6.93. The highest BCUT2D eigenvalue weighted by atomic mass is 32.2. The minimum absolute atomic E-state index is 0.0428. The number of carbonyl (C=O) groups is 3. The number of hydrogen-bond acceptors (Lipinski definition) is 7. The van der Waals surface area contributed by atoms with E-state index in [-0.39, 0.29) is 22.3 Å². The van der Waals surface area contributed by atoms with Gasteiger partial charge >= 0.3 is 5.97 Å². The molecule has 0 unspecified atom stereocenters. The lowest BCUT2D eigenvalue weighted by Crippen LogP contribution is -2.36. The van der Waals surface area contributed by atoms with Crippen LogP contribution >= 0.6 is 24.0 Å². The van der Waals surface area contributed by atoms with Gasteiger partial charge in [0.2, 0.25) is 5.91 Å². The number of nitrogens with one attached hydrogen (secondary N) is 1. The zero-order chi connectivity index (χ0) is 22.5. The van der Waals surface area contributed by atoms with Crippen molar-refractivity contribution in [2.75, 3.05) is 26.1 Å². The van der Waals surface area contributed by atoms with Crippen molar-refractivity contribution in [3.05, 3.63) is 58.5 Å². The molecule has 0 radical (unpaired) electrons. The SMILES string of the molecule is COc1ccc(C=C2SC(=S)N(CC(=O)Nc3cccc(C(=O)O)c3)C2=O)cc1OC. The van der Waals surface area contributed by atoms with Crippen molar-refractivity contribution in [1.29, 1.82) is 0 Å². The number of ether oxygens (including phenoxy) is 2. The molecule has 1 heterocycles. The average Bonchev–Trinajstić information content (AvgIpc) is 3.01. The Morgan fingerprint density at radius 1 is 1.16 bits per heavy atom. The number of hydrogen-bond donors (Lipinski definition) is 2. The summed E-state index contributed by atoms with van der Waals surface area (Å²) in [6.45, 7) is -0.286. The van der Waals surface area contributed by atoms with Gasteiger partial charge in [0, 0.05) is 5.69 Å². The fourth-order valence-electron chi connectivity index (χ4n) is 2.80. The van der Waals surface area contributed by atoms with Crippen LogP contribution in [0.3, 0.4) is 0 Å². The largest absolute Gasteiger partial charge is 0.493 e. The van der Waals surface area contributed by atoms with Gasteiger partial charge in [-0.1, -0.05) is 36.1 Å². The van der Waals surface area contributed by atoms with Crippen molar-refractivity contribution in [2.24, 2.45) is 0 Å². The number of nitrogens with zero attached hydrogens (tertiary/aromatic N) is 1. The normalized spacial score (nSPS) is 14.6. The summed E-state index contributed by atoms with van der Waals surface area (Å²) >= 11 is 6.36. The van der Waals surface area contributed by atoms with Gasteiger partial charge in [0.1, 0.15) is 10.9 Å². The number of thioether (sulfide) groups is 1.